The van der Waals surface area contributed by atoms with Gasteiger partial charge in [0.2, 0.25) is 0 Å². The van der Waals surface area contributed by atoms with Crippen LogP contribution >= 0.6 is 0 Å². The van der Waals surface area contributed by atoms with Crippen LogP contribution in [-0.2, 0) is 25.1 Å². The summed E-state index contributed by atoms with van der Waals surface area (Å²) in [6.07, 6.45) is -2.29. The molecule has 3 rings (SSSR count). The van der Waals surface area contributed by atoms with Crippen LogP contribution in [-0.4, -0.2) is 53.4 Å². The smallest absolute Gasteiger partial charge is 0.363 e. The highest BCUT2D eigenvalue weighted by atomic mass is 19.4. The van der Waals surface area contributed by atoms with Crippen molar-refractivity contribution >= 4 is 5.91 Å². The molecule has 12 heteroatoms. The molecule has 0 saturated carbocycles. The highest BCUT2D eigenvalue weighted by Gasteiger charge is 2.42. The SMILES string of the molecule is C#CCO[C@H]1C[C@H](n2cc(C(F)(F)F)c(=O)n(C(=O)c3ccccc3)c2=O)O[C@@H]1COC(C)OCCC. The second-order valence-electron chi connectivity index (χ2n) is 8.23. The van der Waals surface area contributed by atoms with E-state index in [1.807, 2.05) is 6.92 Å². The molecular weight excluding hydrogens is 497 g/mol. The van der Waals surface area contributed by atoms with Crippen molar-refractivity contribution in [3.05, 3.63) is 68.5 Å². The summed E-state index contributed by atoms with van der Waals surface area (Å²) >= 11 is 0. The Labute approximate surface area is 210 Å². The molecule has 0 radical (unpaired) electrons. The second-order valence-corrected chi connectivity index (χ2v) is 8.23. The Hall–Kier alpha value is -3.24. The van der Waals surface area contributed by atoms with Gasteiger partial charge < -0.3 is 18.9 Å². The van der Waals surface area contributed by atoms with Gasteiger partial charge in [0.25, 0.3) is 11.5 Å². The van der Waals surface area contributed by atoms with Crippen LogP contribution in [0.2, 0.25) is 0 Å². The van der Waals surface area contributed by atoms with Gasteiger partial charge in [-0.3, -0.25) is 14.2 Å². The summed E-state index contributed by atoms with van der Waals surface area (Å²) in [5.41, 5.74) is -4.89. The number of benzene rings is 1. The van der Waals surface area contributed by atoms with Gasteiger partial charge in [-0.2, -0.15) is 17.7 Å². The molecule has 1 fully saturated rings. The van der Waals surface area contributed by atoms with E-state index in [-0.39, 0.29) is 29.8 Å². The van der Waals surface area contributed by atoms with E-state index in [1.165, 1.54) is 24.3 Å². The first kappa shape index (κ1) is 28.3. The number of hydrogen-bond acceptors (Lipinski definition) is 7. The van der Waals surface area contributed by atoms with Crippen LogP contribution < -0.4 is 11.2 Å². The van der Waals surface area contributed by atoms with Crippen LogP contribution in [0.15, 0.2) is 46.1 Å². The maximum atomic E-state index is 13.8. The zero-order valence-corrected chi connectivity index (χ0v) is 20.3. The van der Waals surface area contributed by atoms with Crippen LogP contribution in [0.5, 0.6) is 0 Å². The molecule has 0 bridgehead atoms. The third kappa shape index (κ3) is 6.75. The first-order valence-electron chi connectivity index (χ1n) is 11.6. The van der Waals surface area contributed by atoms with Crippen LogP contribution in [0.4, 0.5) is 13.2 Å². The molecule has 9 nitrogen and oxygen atoms in total. The van der Waals surface area contributed by atoms with Gasteiger partial charge in [-0.15, -0.1) is 6.42 Å². The predicted molar refractivity (Wildman–Crippen MR) is 125 cm³/mol. The Balaban J connectivity index is 2.00. The van der Waals surface area contributed by atoms with E-state index in [4.69, 9.17) is 25.4 Å². The fourth-order valence-electron chi connectivity index (χ4n) is 3.78. The lowest BCUT2D eigenvalue weighted by atomic mass is 10.2. The summed E-state index contributed by atoms with van der Waals surface area (Å²) in [5.74, 6) is 1.10. The lowest BCUT2D eigenvalue weighted by Gasteiger charge is -2.21. The number of nitrogens with zero attached hydrogens (tertiary/aromatic N) is 2. The Morgan fingerprint density at radius 3 is 2.57 bits per heavy atom. The van der Waals surface area contributed by atoms with E-state index in [2.05, 4.69) is 5.92 Å². The van der Waals surface area contributed by atoms with Gasteiger partial charge in [-0.05, 0) is 25.5 Å². The van der Waals surface area contributed by atoms with E-state index >= 15 is 0 Å². The second kappa shape index (κ2) is 12.3. The number of carbonyl (C=O) groups excluding carboxylic acids is 1. The molecule has 2 aromatic rings. The molecule has 4 atom stereocenters. The van der Waals surface area contributed by atoms with Gasteiger partial charge in [0.05, 0.1) is 12.7 Å². The van der Waals surface area contributed by atoms with Crippen molar-refractivity contribution in [2.24, 2.45) is 0 Å². The fourth-order valence-corrected chi connectivity index (χ4v) is 3.78. The third-order valence-corrected chi connectivity index (χ3v) is 5.57. The lowest BCUT2D eigenvalue weighted by molar-refractivity contribution is -0.164. The topological polar surface area (TPSA) is 98.0 Å². The molecule has 0 aliphatic carbocycles. The van der Waals surface area contributed by atoms with Crippen molar-refractivity contribution < 1.29 is 36.9 Å². The highest BCUT2D eigenvalue weighted by molar-refractivity contribution is 5.95. The number of alkyl halides is 3. The third-order valence-electron chi connectivity index (χ3n) is 5.57. The summed E-state index contributed by atoms with van der Waals surface area (Å²) in [5, 5.41) is 0. The van der Waals surface area contributed by atoms with Gasteiger partial charge in [-0.1, -0.05) is 31.0 Å². The first-order valence-corrected chi connectivity index (χ1v) is 11.6. The van der Waals surface area contributed by atoms with Crippen molar-refractivity contribution in [3.63, 3.8) is 0 Å². The van der Waals surface area contributed by atoms with E-state index < -0.39 is 53.6 Å². The average Bonchev–Trinajstić information content (AvgIpc) is 3.27. The molecular formula is C25H27F3N2O7. The minimum Gasteiger partial charge on any atom is -0.363 e. The van der Waals surface area contributed by atoms with Gasteiger partial charge in [0.1, 0.15) is 24.5 Å². The van der Waals surface area contributed by atoms with Crippen molar-refractivity contribution in [1.82, 2.24) is 9.13 Å². The van der Waals surface area contributed by atoms with Gasteiger partial charge in [0, 0.05) is 24.8 Å². The van der Waals surface area contributed by atoms with Crippen LogP contribution in [0.1, 0.15) is 48.8 Å². The lowest BCUT2D eigenvalue weighted by Crippen LogP contribution is -2.47. The number of rotatable bonds is 10. The Kier molecular flexibility index (Phi) is 9.45. The molecule has 0 spiro atoms. The number of carbonyl (C=O) groups is 1. The van der Waals surface area contributed by atoms with Crippen LogP contribution in [0.25, 0.3) is 0 Å². The molecule has 1 aromatic carbocycles. The Morgan fingerprint density at radius 2 is 1.95 bits per heavy atom. The van der Waals surface area contributed by atoms with Crippen molar-refractivity contribution in [3.8, 4) is 12.3 Å². The summed E-state index contributed by atoms with van der Waals surface area (Å²) < 4.78 is 64.3. The quantitative estimate of drug-likeness (QED) is 0.348. The van der Waals surface area contributed by atoms with Gasteiger partial charge >= 0.3 is 11.9 Å². The van der Waals surface area contributed by atoms with E-state index in [9.17, 15) is 27.6 Å². The molecule has 0 N–H and O–H groups in total. The van der Waals surface area contributed by atoms with Crippen molar-refractivity contribution in [1.29, 1.82) is 0 Å². The fraction of sp³-hybridized carbons (Fsp3) is 0.480. The Morgan fingerprint density at radius 1 is 1.24 bits per heavy atom. The molecule has 1 aliphatic heterocycles. The number of terminal acetylenes is 1. The number of aromatic nitrogens is 2. The van der Waals surface area contributed by atoms with Crippen LogP contribution in [0, 0.1) is 12.3 Å². The molecule has 37 heavy (non-hydrogen) atoms. The standard InChI is InChI=1S/C25H27F3N2O7/c1-4-11-34-16(3)36-15-20-19(35-12-5-2)13-21(37-20)29-14-18(25(26,27)28)23(32)30(24(29)33)22(31)17-9-7-6-8-10-17/h2,6-10,14,16,19-21H,4,11-13,15H2,1,3H3/t16?,19-,20+,21+/m0/s1. The minimum atomic E-state index is -5.14. The zero-order valence-electron chi connectivity index (χ0n) is 20.3. The van der Waals surface area contributed by atoms with Gasteiger partial charge in [0.15, 0.2) is 6.29 Å². The summed E-state index contributed by atoms with van der Waals surface area (Å²) in [6, 6.07) is 7.04. The van der Waals surface area contributed by atoms with Crippen molar-refractivity contribution in [2.75, 3.05) is 19.8 Å². The maximum Gasteiger partial charge on any atom is 0.423 e. The Bertz CT molecular complexity index is 1230. The van der Waals surface area contributed by atoms with E-state index in [0.29, 0.717) is 17.4 Å². The molecule has 2 heterocycles. The normalized spacial score (nSPS) is 20.5. The zero-order chi connectivity index (χ0) is 27.2. The van der Waals surface area contributed by atoms with Crippen molar-refractivity contribution in [2.45, 2.75) is 57.6 Å². The first-order chi connectivity index (χ1) is 17.6. The average molecular weight is 524 g/mol. The van der Waals surface area contributed by atoms with E-state index in [1.54, 1.807) is 13.0 Å². The largest absolute Gasteiger partial charge is 0.423 e. The van der Waals surface area contributed by atoms with E-state index in [0.717, 1.165) is 6.42 Å². The number of halogens is 3. The molecule has 1 aliphatic rings. The number of ether oxygens (including phenoxy) is 4. The summed E-state index contributed by atoms with van der Waals surface area (Å²) in [7, 11) is 0. The maximum absolute atomic E-state index is 13.8. The molecule has 1 saturated heterocycles. The summed E-state index contributed by atoms with van der Waals surface area (Å²) in [6.45, 7) is 3.87. The molecule has 200 valence electrons. The molecule has 1 aromatic heterocycles. The highest BCUT2D eigenvalue weighted by Crippen LogP contribution is 2.32. The molecule has 0 amide bonds. The summed E-state index contributed by atoms with van der Waals surface area (Å²) in [4.78, 5) is 38.8. The van der Waals surface area contributed by atoms with Crippen LogP contribution in [0.3, 0.4) is 0 Å². The monoisotopic (exact) mass is 524 g/mol. The van der Waals surface area contributed by atoms with Gasteiger partial charge in [-0.25, -0.2) is 4.79 Å². The predicted octanol–water partition coefficient (Wildman–Crippen LogP) is 2.81. The minimum absolute atomic E-state index is 0.0384. The molecule has 1 unspecified atom stereocenters. The number of hydrogen-bond donors (Lipinski definition) is 0.